The zero-order valence-corrected chi connectivity index (χ0v) is 7.86. The molecule has 0 fully saturated rings. The molecule has 1 N–H and O–H groups in total. The van der Waals surface area contributed by atoms with Gasteiger partial charge in [-0.1, -0.05) is 13.8 Å². The average molecular weight is 168 g/mol. The average Bonchev–Trinajstić information content (AvgIpc) is 2.34. The van der Waals surface area contributed by atoms with Crippen LogP contribution in [0.15, 0.2) is 12.3 Å². The van der Waals surface area contributed by atoms with Gasteiger partial charge in [-0.05, 0) is 18.9 Å². The minimum Gasteiger partial charge on any atom is -0.391 e. The number of aliphatic hydroxyl groups excluding tert-OH is 1. The molecule has 0 aliphatic rings. The first kappa shape index (κ1) is 9.26. The molecule has 0 bridgehead atoms. The van der Waals surface area contributed by atoms with Gasteiger partial charge in [0, 0.05) is 6.20 Å². The molecule has 12 heavy (non-hydrogen) atoms. The number of rotatable bonds is 3. The van der Waals surface area contributed by atoms with Crippen LogP contribution in [0.4, 0.5) is 0 Å². The van der Waals surface area contributed by atoms with E-state index in [9.17, 15) is 0 Å². The second kappa shape index (κ2) is 3.72. The molecule has 3 heteroatoms. The first-order valence-electron chi connectivity index (χ1n) is 4.31. The SMILES string of the molecule is CC(O)Cn1ccc(C(C)C)n1. The van der Waals surface area contributed by atoms with Gasteiger partial charge in [0.15, 0.2) is 0 Å². The van der Waals surface area contributed by atoms with E-state index in [0.717, 1.165) is 5.69 Å². The van der Waals surface area contributed by atoms with E-state index in [4.69, 9.17) is 5.11 Å². The maximum Gasteiger partial charge on any atom is 0.0708 e. The molecular formula is C9H16N2O. The Hall–Kier alpha value is -0.830. The lowest BCUT2D eigenvalue weighted by Crippen LogP contribution is -2.12. The van der Waals surface area contributed by atoms with Crippen molar-refractivity contribution in [3.05, 3.63) is 18.0 Å². The van der Waals surface area contributed by atoms with Crippen molar-refractivity contribution in [2.75, 3.05) is 0 Å². The number of aromatic nitrogens is 2. The molecule has 68 valence electrons. The molecule has 0 radical (unpaired) electrons. The van der Waals surface area contributed by atoms with E-state index in [1.165, 1.54) is 0 Å². The van der Waals surface area contributed by atoms with Crippen molar-refractivity contribution in [2.24, 2.45) is 0 Å². The Kier molecular flexibility index (Phi) is 2.87. The van der Waals surface area contributed by atoms with Gasteiger partial charge < -0.3 is 5.11 Å². The van der Waals surface area contributed by atoms with Gasteiger partial charge in [0.25, 0.3) is 0 Å². The number of hydrogen-bond acceptors (Lipinski definition) is 2. The molecule has 1 aromatic heterocycles. The Balaban J connectivity index is 2.64. The molecule has 1 heterocycles. The van der Waals surface area contributed by atoms with Crippen molar-refractivity contribution in [1.29, 1.82) is 0 Å². The molecule has 1 rings (SSSR count). The van der Waals surface area contributed by atoms with Crippen molar-refractivity contribution in [3.63, 3.8) is 0 Å². The van der Waals surface area contributed by atoms with Gasteiger partial charge in [0.05, 0.1) is 18.3 Å². The van der Waals surface area contributed by atoms with E-state index in [1.54, 1.807) is 11.6 Å². The predicted molar refractivity (Wildman–Crippen MR) is 48.0 cm³/mol. The topological polar surface area (TPSA) is 38.0 Å². The second-order valence-electron chi connectivity index (χ2n) is 3.47. The van der Waals surface area contributed by atoms with E-state index in [1.807, 2.05) is 12.3 Å². The summed E-state index contributed by atoms with van der Waals surface area (Å²) in [6, 6.07) is 1.99. The number of nitrogens with zero attached hydrogens (tertiary/aromatic N) is 2. The monoisotopic (exact) mass is 168 g/mol. The zero-order valence-electron chi connectivity index (χ0n) is 7.86. The molecule has 0 aliphatic carbocycles. The molecule has 0 aliphatic heterocycles. The van der Waals surface area contributed by atoms with Crippen LogP contribution >= 0.6 is 0 Å². The van der Waals surface area contributed by atoms with E-state index < -0.39 is 0 Å². The van der Waals surface area contributed by atoms with Crippen molar-refractivity contribution in [2.45, 2.75) is 39.3 Å². The van der Waals surface area contributed by atoms with Crippen LogP contribution in [0, 0.1) is 0 Å². The third-order valence-electron chi connectivity index (χ3n) is 1.70. The first-order valence-corrected chi connectivity index (χ1v) is 4.31. The van der Waals surface area contributed by atoms with Crippen LogP contribution in [0.5, 0.6) is 0 Å². The highest BCUT2D eigenvalue weighted by atomic mass is 16.3. The first-order chi connectivity index (χ1) is 5.59. The van der Waals surface area contributed by atoms with Crippen LogP contribution in [0.2, 0.25) is 0 Å². The number of aliphatic hydroxyl groups is 1. The van der Waals surface area contributed by atoms with Crippen molar-refractivity contribution >= 4 is 0 Å². The Morgan fingerprint density at radius 3 is 2.58 bits per heavy atom. The summed E-state index contributed by atoms with van der Waals surface area (Å²) >= 11 is 0. The molecule has 3 nitrogen and oxygen atoms in total. The Bertz CT molecular complexity index is 240. The molecule has 1 unspecified atom stereocenters. The van der Waals surface area contributed by atoms with Gasteiger partial charge in [0.2, 0.25) is 0 Å². The molecule has 0 saturated carbocycles. The molecule has 1 aromatic rings. The van der Waals surface area contributed by atoms with E-state index in [0.29, 0.717) is 12.5 Å². The van der Waals surface area contributed by atoms with Crippen LogP contribution in [0.25, 0.3) is 0 Å². The normalized spacial score (nSPS) is 13.8. The molecule has 0 amide bonds. The summed E-state index contributed by atoms with van der Waals surface area (Å²) in [5.41, 5.74) is 1.08. The van der Waals surface area contributed by atoms with Crippen LogP contribution in [0.1, 0.15) is 32.4 Å². The summed E-state index contributed by atoms with van der Waals surface area (Å²) in [6.07, 6.45) is 1.58. The highest BCUT2D eigenvalue weighted by molar-refractivity contribution is 5.03. The third-order valence-corrected chi connectivity index (χ3v) is 1.70. The largest absolute Gasteiger partial charge is 0.391 e. The minimum atomic E-state index is -0.329. The lowest BCUT2D eigenvalue weighted by atomic mass is 10.1. The summed E-state index contributed by atoms with van der Waals surface area (Å²) in [4.78, 5) is 0. The fourth-order valence-corrected chi connectivity index (χ4v) is 1.06. The van der Waals surface area contributed by atoms with Gasteiger partial charge in [-0.3, -0.25) is 4.68 Å². The van der Waals surface area contributed by atoms with Gasteiger partial charge in [-0.2, -0.15) is 5.10 Å². The quantitative estimate of drug-likeness (QED) is 0.740. The molecule has 0 saturated heterocycles. The Morgan fingerprint density at radius 2 is 2.17 bits per heavy atom. The van der Waals surface area contributed by atoms with Gasteiger partial charge in [-0.25, -0.2) is 0 Å². The summed E-state index contributed by atoms with van der Waals surface area (Å²) in [5, 5.41) is 13.4. The van der Waals surface area contributed by atoms with Gasteiger partial charge >= 0.3 is 0 Å². The van der Waals surface area contributed by atoms with E-state index in [-0.39, 0.29) is 6.10 Å². The standard InChI is InChI=1S/C9H16N2O/c1-7(2)9-4-5-11(10-9)6-8(3)12/h4-5,7-8,12H,6H2,1-3H3. The van der Waals surface area contributed by atoms with Crippen LogP contribution < -0.4 is 0 Å². The van der Waals surface area contributed by atoms with Gasteiger partial charge in [0.1, 0.15) is 0 Å². The maximum absolute atomic E-state index is 9.09. The summed E-state index contributed by atoms with van der Waals surface area (Å²) < 4.78 is 1.78. The summed E-state index contributed by atoms with van der Waals surface area (Å²) in [5.74, 6) is 0.459. The second-order valence-corrected chi connectivity index (χ2v) is 3.47. The van der Waals surface area contributed by atoms with Crippen molar-refractivity contribution in [3.8, 4) is 0 Å². The molecule has 1 atom stereocenters. The fourth-order valence-electron chi connectivity index (χ4n) is 1.06. The highest BCUT2D eigenvalue weighted by Crippen LogP contribution is 2.10. The van der Waals surface area contributed by atoms with Crippen LogP contribution in [-0.4, -0.2) is 21.0 Å². The van der Waals surface area contributed by atoms with E-state index >= 15 is 0 Å². The third kappa shape index (κ3) is 2.34. The van der Waals surface area contributed by atoms with Crippen molar-refractivity contribution in [1.82, 2.24) is 9.78 Å². The van der Waals surface area contributed by atoms with Crippen LogP contribution in [0.3, 0.4) is 0 Å². The molecular weight excluding hydrogens is 152 g/mol. The van der Waals surface area contributed by atoms with Crippen molar-refractivity contribution < 1.29 is 5.11 Å². The van der Waals surface area contributed by atoms with E-state index in [2.05, 4.69) is 18.9 Å². The Morgan fingerprint density at radius 1 is 1.50 bits per heavy atom. The fraction of sp³-hybridized carbons (Fsp3) is 0.667. The maximum atomic E-state index is 9.09. The minimum absolute atomic E-state index is 0.329. The zero-order chi connectivity index (χ0) is 9.14. The lowest BCUT2D eigenvalue weighted by Gasteiger charge is -2.03. The van der Waals surface area contributed by atoms with Gasteiger partial charge in [-0.15, -0.1) is 0 Å². The molecule has 0 aromatic carbocycles. The molecule has 0 spiro atoms. The smallest absolute Gasteiger partial charge is 0.0708 e. The van der Waals surface area contributed by atoms with Crippen LogP contribution in [-0.2, 0) is 6.54 Å². The lowest BCUT2D eigenvalue weighted by molar-refractivity contribution is 0.168. The number of hydrogen-bond donors (Lipinski definition) is 1. The Labute approximate surface area is 73.0 Å². The summed E-state index contributed by atoms with van der Waals surface area (Å²) in [6.45, 7) is 6.55. The highest BCUT2D eigenvalue weighted by Gasteiger charge is 2.04. The predicted octanol–water partition coefficient (Wildman–Crippen LogP) is 1.39. The summed E-state index contributed by atoms with van der Waals surface area (Å²) in [7, 11) is 0.